The normalized spacial score (nSPS) is 11.4. The molecular formula is C24H25N3O3. The van der Waals surface area contributed by atoms with Crippen molar-refractivity contribution < 1.29 is 14.3 Å². The minimum atomic E-state index is -0.285. The van der Waals surface area contributed by atoms with Crippen LogP contribution in [-0.4, -0.2) is 25.5 Å². The summed E-state index contributed by atoms with van der Waals surface area (Å²) < 4.78 is 5.37. The van der Waals surface area contributed by atoms with Crippen LogP contribution in [0.4, 0.5) is 11.4 Å². The van der Waals surface area contributed by atoms with Gasteiger partial charge in [0, 0.05) is 17.3 Å². The van der Waals surface area contributed by atoms with Gasteiger partial charge in [0.2, 0.25) is 5.91 Å². The maximum Gasteiger partial charge on any atom is 0.257 e. The van der Waals surface area contributed by atoms with E-state index in [2.05, 4.69) is 16.0 Å². The second kappa shape index (κ2) is 10.2. The fraction of sp³-hybridized carbons (Fsp3) is 0.167. The number of amides is 2. The Balaban J connectivity index is 1.62. The van der Waals surface area contributed by atoms with Crippen LogP contribution in [0.2, 0.25) is 0 Å². The van der Waals surface area contributed by atoms with Crippen LogP contribution >= 0.6 is 0 Å². The SMILES string of the molecule is COc1ccccc1C(C)NCC(=O)Nc1ccccc1C(=O)Nc1ccccc1. The van der Waals surface area contributed by atoms with Gasteiger partial charge in [-0.3, -0.25) is 9.59 Å². The minimum absolute atomic E-state index is 0.0801. The fourth-order valence-corrected chi connectivity index (χ4v) is 3.08. The smallest absolute Gasteiger partial charge is 0.257 e. The van der Waals surface area contributed by atoms with Gasteiger partial charge in [0.1, 0.15) is 5.75 Å². The lowest BCUT2D eigenvalue weighted by molar-refractivity contribution is -0.115. The predicted octanol–water partition coefficient (Wildman–Crippen LogP) is 4.24. The molecule has 0 saturated heterocycles. The molecule has 3 aromatic carbocycles. The lowest BCUT2D eigenvalue weighted by Gasteiger charge is -2.17. The third kappa shape index (κ3) is 5.46. The van der Waals surface area contributed by atoms with Crippen LogP contribution in [0, 0.1) is 0 Å². The topological polar surface area (TPSA) is 79.5 Å². The van der Waals surface area contributed by atoms with Gasteiger partial charge in [0.25, 0.3) is 5.91 Å². The molecule has 3 aromatic rings. The zero-order valence-corrected chi connectivity index (χ0v) is 17.0. The molecule has 1 atom stereocenters. The van der Waals surface area contributed by atoms with E-state index in [1.54, 1.807) is 31.4 Å². The van der Waals surface area contributed by atoms with E-state index in [4.69, 9.17) is 4.74 Å². The number of carbonyl (C=O) groups is 2. The quantitative estimate of drug-likeness (QED) is 0.526. The number of benzene rings is 3. The molecule has 3 N–H and O–H groups in total. The number of ether oxygens (including phenoxy) is 1. The molecule has 6 heteroatoms. The number of hydrogen-bond donors (Lipinski definition) is 3. The summed E-state index contributed by atoms with van der Waals surface area (Å²) in [6.45, 7) is 2.06. The Morgan fingerprint density at radius 1 is 0.867 bits per heavy atom. The largest absolute Gasteiger partial charge is 0.496 e. The van der Waals surface area contributed by atoms with Gasteiger partial charge in [-0.05, 0) is 37.3 Å². The number of nitrogens with one attached hydrogen (secondary N) is 3. The first-order valence-corrected chi connectivity index (χ1v) is 9.70. The molecule has 154 valence electrons. The first kappa shape index (κ1) is 21.1. The molecule has 0 saturated carbocycles. The summed E-state index contributed by atoms with van der Waals surface area (Å²) in [5.74, 6) is 0.241. The van der Waals surface area contributed by atoms with E-state index in [1.807, 2.05) is 61.5 Å². The standard InChI is InChI=1S/C24H25N3O3/c1-17(19-12-7-9-15-22(19)30-2)25-16-23(28)27-21-14-8-6-13-20(21)24(29)26-18-10-4-3-5-11-18/h3-15,17,25H,16H2,1-2H3,(H,26,29)(H,27,28). The van der Waals surface area contributed by atoms with E-state index in [1.165, 1.54) is 0 Å². The summed E-state index contributed by atoms with van der Waals surface area (Å²) in [7, 11) is 1.62. The van der Waals surface area contributed by atoms with Crippen molar-refractivity contribution in [2.45, 2.75) is 13.0 Å². The summed E-state index contributed by atoms with van der Waals surface area (Å²) in [6.07, 6.45) is 0. The van der Waals surface area contributed by atoms with Crippen molar-refractivity contribution in [3.8, 4) is 5.75 Å². The van der Waals surface area contributed by atoms with Crippen LogP contribution in [-0.2, 0) is 4.79 Å². The van der Waals surface area contributed by atoms with Crippen LogP contribution < -0.4 is 20.7 Å². The first-order valence-electron chi connectivity index (χ1n) is 9.70. The molecule has 0 aliphatic rings. The summed E-state index contributed by atoms with van der Waals surface area (Å²) in [4.78, 5) is 25.1. The number of carbonyl (C=O) groups excluding carboxylic acids is 2. The summed E-state index contributed by atoms with van der Waals surface area (Å²) in [5, 5.41) is 8.85. The molecule has 0 aliphatic carbocycles. The molecule has 0 aliphatic heterocycles. The Kier molecular flexibility index (Phi) is 7.19. The van der Waals surface area contributed by atoms with E-state index < -0.39 is 0 Å². The van der Waals surface area contributed by atoms with Gasteiger partial charge in [-0.15, -0.1) is 0 Å². The average molecular weight is 403 g/mol. The van der Waals surface area contributed by atoms with Gasteiger partial charge in [-0.25, -0.2) is 0 Å². The van der Waals surface area contributed by atoms with Crippen LogP contribution in [0.3, 0.4) is 0 Å². The Labute approximate surface area is 176 Å². The van der Waals surface area contributed by atoms with Crippen molar-refractivity contribution >= 4 is 23.2 Å². The Bertz CT molecular complexity index is 1010. The maximum atomic E-state index is 12.6. The van der Waals surface area contributed by atoms with E-state index in [0.29, 0.717) is 16.9 Å². The molecular weight excluding hydrogens is 378 g/mol. The summed E-state index contributed by atoms with van der Waals surface area (Å²) >= 11 is 0. The van der Waals surface area contributed by atoms with Crippen molar-refractivity contribution in [3.05, 3.63) is 90.0 Å². The molecule has 0 heterocycles. The van der Waals surface area contributed by atoms with Gasteiger partial charge in [0.05, 0.1) is 24.9 Å². The van der Waals surface area contributed by atoms with Gasteiger partial charge in [-0.1, -0.05) is 48.5 Å². The lowest BCUT2D eigenvalue weighted by Crippen LogP contribution is -2.31. The second-order valence-electron chi connectivity index (χ2n) is 6.76. The number of methoxy groups -OCH3 is 1. The van der Waals surface area contributed by atoms with Gasteiger partial charge in [0.15, 0.2) is 0 Å². The Morgan fingerprint density at radius 3 is 2.30 bits per heavy atom. The number of hydrogen-bond acceptors (Lipinski definition) is 4. The highest BCUT2D eigenvalue weighted by molar-refractivity contribution is 6.10. The summed E-state index contributed by atoms with van der Waals surface area (Å²) in [6, 6.07) is 23.7. The Morgan fingerprint density at radius 2 is 1.53 bits per heavy atom. The molecule has 2 amide bonds. The van der Waals surface area contributed by atoms with Gasteiger partial charge >= 0.3 is 0 Å². The molecule has 3 rings (SSSR count). The molecule has 0 spiro atoms. The minimum Gasteiger partial charge on any atom is -0.496 e. The van der Waals surface area contributed by atoms with E-state index in [0.717, 1.165) is 11.3 Å². The third-order valence-corrected chi connectivity index (χ3v) is 4.65. The molecule has 0 aromatic heterocycles. The molecule has 6 nitrogen and oxygen atoms in total. The monoisotopic (exact) mass is 403 g/mol. The maximum absolute atomic E-state index is 12.6. The molecule has 30 heavy (non-hydrogen) atoms. The highest BCUT2D eigenvalue weighted by Crippen LogP contribution is 2.24. The van der Waals surface area contributed by atoms with Gasteiger partial charge in [-0.2, -0.15) is 0 Å². The lowest BCUT2D eigenvalue weighted by atomic mass is 10.1. The van der Waals surface area contributed by atoms with E-state index in [-0.39, 0.29) is 24.4 Å². The van der Waals surface area contributed by atoms with Crippen molar-refractivity contribution in [2.24, 2.45) is 0 Å². The zero-order chi connectivity index (χ0) is 21.3. The van der Waals surface area contributed by atoms with Crippen molar-refractivity contribution in [1.82, 2.24) is 5.32 Å². The summed E-state index contributed by atoms with van der Waals surface area (Å²) in [5.41, 5.74) is 2.52. The van der Waals surface area contributed by atoms with Crippen LogP contribution in [0.15, 0.2) is 78.9 Å². The average Bonchev–Trinajstić information content (AvgIpc) is 2.78. The van der Waals surface area contributed by atoms with Crippen LogP contribution in [0.25, 0.3) is 0 Å². The van der Waals surface area contributed by atoms with Crippen molar-refractivity contribution in [3.63, 3.8) is 0 Å². The van der Waals surface area contributed by atoms with Crippen molar-refractivity contribution in [2.75, 3.05) is 24.3 Å². The number of para-hydroxylation sites is 3. The van der Waals surface area contributed by atoms with E-state index in [9.17, 15) is 9.59 Å². The highest BCUT2D eigenvalue weighted by Gasteiger charge is 2.15. The zero-order valence-electron chi connectivity index (χ0n) is 17.0. The first-order chi connectivity index (χ1) is 14.6. The van der Waals surface area contributed by atoms with E-state index >= 15 is 0 Å². The van der Waals surface area contributed by atoms with Crippen molar-refractivity contribution in [1.29, 1.82) is 0 Å². The number of anilines is 2. The second-order valence-corrected chi connectivity index (χ2v) is 6.76. The molecule has 0 radical (unpaired) electrons. The molecule has 0 fully saturated rings. The van der Waals surface area contributed by atoms with Crippen LogP contribution in [0.1, 0.15) is 28.9 Å². The third-order valence-electron chi connectivity index (χ3n) is 4.65. The molecule has 1 unspecified atom stereocenters. The van der Waals surface area contributed by atoms with Crippen LogP contribution in [0.5, 0.6) is 5.75 Å². The fourth-order valence-electron chi connectivity index (χ4n) is 3.08. The number of rotatable bonds is 8. The predicted molar refractivity (Wildman–Crippen MR) is 119 cm³/mol. The highest BCUT2D eigenvalue weighted by atomic mass is 16.5. The Hall–Kier alpha value is -3.64. The molecule has 0 bridgehead atoms. The van der Waals surface area contributed by atoms with Gasteiger partial charge < -0.3 is 20.7 Å².